The minimum absolute atomic E-state index is 0.145. The van der Waals surface area contributed by atoms with Crippen LogP contribution in [0.4, 0.5) is 10.1 Å². The van der Waals surface area contributed by atoms with Crippen LogP contribution in [0.2, 0.25) is 0 Å². The van der Waals surface area contributed by atoms with Crippen LogP contribution in [0.5, 0.6) is 5.75 Å². The van der Waals surface area contributed by atoms with Gasteiger partial charge in [0.05, 0.1) is 12.8 Å². The summed E-state index contributed by atoms with van der Waals surface area (Å²) >= 11 is 0. The van der Waals surface area contributed by atoms with Crippen LogP contribution >= 0.6 is 0 Å². The Hall–Kier alpha value is -3.22. The van der Waals surface area contributed by atoms with Crippen molar-refractivity contribution in [3.8, 4) is 17.1 Å². The molecule has 0 aliphatic carbocycles. The lowest BCUT2D eigenvalue weighted by Crippen LogP contribution is -2.31. The van der Waals surface area contributed by atoms with E-state index in [1.54, 1.807) is 32.2 Å². The Morgan fingerprint density at radius 3 is 2.59 bits per heavy atom. The van der Waals surface area contributed by atoms with E-state index in [0.717, 1.165) is 11.3 Å². The van der Waals surface area contributed by atoms with Gasteiger partial charge in [0.1, 0.15) is 11.6 Å². The highest BCUT2D eigenvalue weighted by atomic mass is 19.1. The van der Waals surface area contributed by atoms with E-state index in [1.807, 2.05) is 24.3 Å². The van der Waals surface area contributed by atoms with Gasteiger partial charge in [0.25, 0.3) is 0 Å². The first kappa shape index (κ1) is 18.6. The number of anilines is 1. The average Bonchev–Trinajstić information content (AvgIpc) is 3.17. The number of carbonyl (C=O) groups excluding carboxylic acids is 1. The van der Waals surface area contributed by atoms with Gasteiger partial charge in [-0.2, -0.15) is 4.98 Å². The van der Waals surface area contributed by atoms with Crippen molar-refractivity contribution in [2.24, 2.45) is 0 Å². The van der Waals surface area contributed by atoms with E-state index in [2.05, 4.69) is 10.1 Å². The number of methoxy groups -OCH3 is 1. The summed E-state index contributed by atoms with van der Waals surface area (Å²) in [6.07, 6.45) is 0.430. The molecular formula is C20H20FN3O3. The number of aryl methyl sites for hydroxylation is 1. The monoisotopic (exact) mass is 369 g/mol. The fraction of sp³-hybridized carbons (Fsp3) is 0.250. The summed E-state index contributed by atoms with van der Waals surface area (Å²) in [4.78, 5) is 18.2. The molecule has 27 heavy (non-hydrogen) atoms. The largest absolute Gasteiger partial charge is 0.497 e. The van der Waals surface area contributed by atoms with Crippen LogP contribution in [0.1, 0.15) is 19.2 Å². The predicted octanol–water partition coefficient (Wildman–Crippen LogP) is 3.87. The zero-order valence-electron chi connectivity index (χ0n) is 15.2. The third kappa shape index (κ3) is 4.31. The van der Waals surface area contributed by atoms with Gasteiger partial charge in [0, 0.05) is 24.9 Å². The summed E-state index contributed by atoms with van der Waals surface area (Å²) in [5, 5.41) is 3.95. The lowest BCUT2D eigenvalue weighted by molar-refractivity contribution is -0.118. The minimum atomic E-state index is -0.424. The van der Waals surface area contributed by atoms with Crippen molar-refractivity contribution in [2.75, 3.05) is 18.6 Å². The molecule has 2 aromatic carbocycles. The molecule has 1 heterocycles. The molecule has 0 spiro atoms. The Morgan fingerprint density at radius 2 is 1.93 bits per heavy atom. The van der Waals surface area contributed by atoms with Gasteiger partial charge < -0.3 is 14.2 Å². The number of hydrogen-bond acceptors (Lipinski definition) is 5. The molecule has 0 saturated carbocycles. The van der Waals surface area contributed by atoms with E-state index in [9.17, 15) is 9.18 Å². The van der Waals surface area contributed by atoms with Crippen molar-refractivity contribution in [3.05, 3.63) is 60.2 Å². The van der Waals surface area contributed by atoms with Crippen LogP contribution in [0.25, 0.3) is 11.4 Å². The molecule has 0 unspecified atom stereocenters. The van der Waals surface area contributed by atoms with Crippen molar-refractivity contribution in [1.82, 2.24) is 10.1 Å². The molecule has 7 heteroatoms. The topological polar surface area (TPSA) is 68.5 Å². The summed E-state index contributed by atoms with van der Waals surface area (Å²) in [6, 6.07) is 13.5. The molecule has 140 valence electrons. The molecule has 0 aliphatic rings. The number of aromatic nitrogens is 2. The van der Waals surface area contributed by atoms with Gasteiger partial charge in [-0.05, 0) is 43.3 Å². The molecule has 6 nitrogen and oxygen atoms in total. The van der Waals surface area contributed by atoms with Crippen molar-refractivity contribution in [1.29, 1.82) is 0 Å². The van der Waals surface area contributed by atoms with Gasteiger partial charge in [-0.15, -0.1) is 0 Å². The van der Waals surface area contributed by atoms with Crippen LogP contribution in [0.15, 0.2) is 53.1 Å². The summed E-state index contributed by atoms with van der Waals surface area (Å²) in [5.74, 6) is 0.917. The van der Waals surface area contributed by atoms with Crippen molar-refractivity contribution >= 4 is 11.6 Å². The van der Waals surface area contributed by atoms with E-state index in [0.29, 0.717) is 18.3 Å². The van der Waals surface area contributed by atoms with Gasteiger partial charge >= 0.3 is 0 Å². The summed E-state index contributed by atoms with van der Waals surface area (Å²) in [6.45, 7) is 2.18. The average molecular weight is 369 g/mol. The third-order valence-corrected chi connectivity index (χ3v) is 4.13. The van der Waals surface area contributed by atoms with Crippen LogP contribution < -0.4 is 9.64 Å². The van der Waals surface area contributed by atoms with Crippen LogP contribution in [0, 0.1) is 5.82 Å². The predicted molar refractivity (Wildman–Crippen MR) is 99.0 cm³/mol. The Balaban J connectivity index is 1.65. The lowest BCUT2D eigenvalue weighted by Gasteiger charge is -2.21. The molecule has 0 bridgehead atoms. The Bertz CT molecular complexity index is 909. The van der Waals surface area contributed by atoms with Gasteiger partial charge in [0.15, 0.2) is 0 Å². The Morgan fingerprint density at radius 1 is 1.19 bits per heavy atom. The van der Waals surface area contributed by atoms with E-state index in [4.69, 9.17) is 9.26 Å². The molecule has 0 saturated heterocycles. The number of ether oxygens (including phenoxy) is 1. The van der Waals surface area contributed by atoms with Gasteiger partial charge in [-0.25, -0.2) is 4.39 Å². The zero-order valence-corrected chi connectivity index (χ0v) is 15.2. The first-order valence-corrected chi connectivity index (χ1v) is 8.64. The maximum absolute atomic E-state index is 14.0. The molecule has 0 aliphatic heterocycles. The van der Waals surface area contributed by atoms with Crippen molar-refractivity contribution in [2.45, 2.75) is 19.8 Å². The van der Waals surface area contributed by atoms with Crippen molar-refractivity contribution < 1.29 is 18.4 Å². The van der Waals surface area contributed by atoms with E-state index in [1.165, 1.54) is 11.0 Å². The number of para-hydroxylation sites is 1. The number of benzene rings is 2. The highest BCUT2D eigenvalue weighted by Crippen LogP contribution is 2.21. The molecule has 0 radical (unpaired) electrons. The normalized spacial score (nSPS) is 10.6. The van der Waals surface area contributed by atoms with Crippen LogP contribution in [0.3, 0.4) is 0 Å². The Labute approximate surface area is 156 Å². The second kappa shape index (κ2) is 8.44. The summed E-state index contributed by atoms with van der Waals surface area (Å²) in [5.41, 5.74) is 1.06. The lowest BCUT2D eigenvalue weighted by atomic mass is 10.2. The molecule has 1 aromatic heterocycles. The zero-order chi connectivity index (χ0) is 19.2. The van der Waals surface area contributed by atoms with Gasteiger partial charge in [0.2, 0.25) is 17.6 Å². The van der Waals surface area contributed by atoms with Crippen molar-refractivity contribution in [3.63, 3.8) is 0 Å². The van der Waals surface area contributed by atoms with Gasteiger partial charge in [-0.1, -0.05) is 17.3 Å². The number of rotatable bonds is 7. The fourth-order valence-electron chi connectivity index (χ4n) is 2.71. The van der Waals surface area contributed by atoms with Gasteiger partial charge in [-0.3, -0.25) is 4.79 Å². The molecule has 0 fully saturated rings. The summed E-state index contributed by atoms with van der Waals surface area (Å²) in [7, 11) is 1.60. The second-order valence-corrected chi connectivity index (χ2v) is 5.83. The Kier molecular flexibility index (Phi) is 5.80. The second-order valence-electron chi connectivity index (χ2n) is 5.83. The highest BCUT2D eigenvalue weighted by Gasteiger charge is 2.18. The van der Waals surface area contributed by atoms with E-state index in [-0.39, 0.29) is 24.4 Å². The number of halogens is 1. The first-order chi connectivity index (χ1) is 13.1. The number of hydrogen-bond donors (Lipinski definition) is 0. The smallest absolute Gasteiger partial charge is 0.227 e. The number of carbonyl (C=O) groups is 1. The molecule has 3 rings (SSSR count). The highest BCUT2D eigenvalue weighted by molar-refractivity contribution is 5.93. The fourth-order valence-corrected chi connectivity index (χ4v) is 2.71. The minimum Gasteiger partial charge on any atom is -0.497 e. The molecule has 0 atom stereocenters. The van der Waals surface area contributed by atoms with E-state index >= 15 is 0 Å². The molecule has 3 aromatic rings. The SMILES string of the molecule is CCN(C(=O)CCc1nc(-c2ccc(OC)cc2)no1)c1ccccc1F. The molecule has 0 N–H and O–H groups in total. The van der Waals surface area contributed by atoms with E-state index < -0.39 is 5.82 Å². The number of nitrogens with zero attached hydrogens (tertiary/aromatic N) is 3. The molecule has 1 amide bonds. The van der Waals surface area contributed by atoms with Crippen LogP contribution in [-0.4, -0.2) is 29.7 Å². The molecular weight excluding hydrogens is 349 g/mol. The first-order valence-electron chi connectivity index (χ1n) is 8.64. The maximum Gasteiger partial charge on any atom is 0.227 e. The quantitative estimate of drug-likeness (QED) is 0.632. The van der Waals surface area contributed by atoms with Crippen LogP contribution in [-0.2, 0) is 11.2 Å². The third-order valence-electron chi connectivity index (χ3n) is 4.13. The standard InChI is InChI=1S/C20H20FN3O3/c1-3-24(17-7-5-4-6-16(17)21)19(25)13-12-18-22-20(23-27-18)14-8-10-15(26-2)11-9-14/h4-11H,3,12-13H2,1-2H3. The number of amides is 1. The maximum atomic E-state index is 14.0. The summed E-state index contributed by atoms with van der Waals surface area (Å²) < 4.78 is 24.3.